The van der Waals surface area contributed by atoms with Crippen molar-refractivity contribution in [1.29, 1.82) is 0 Å². The third-order valence-electron chi connectivity index (χ3n) is 11.9. The van der Waals surface area contributed by atoms with Gasteiger partial charge in [-0.1, -0.05) is 12.5 Å². The molecule has 1 saturated heterocycles. The second-order valence-corrected chi connectivity index (χ2v) is 16.9. The summed E-state index contributed by atoms with van der Waals surface area (Å²) in [7, 11) is 9.10. The summed E-state index contributed by atoms with van der Waals surface area (Å²) in [6.07, 6.45) is 2.20. The number of hydrogen-bond acceptors (Lipinski definition) is 15. The third kappa shape index (κ3) is 10.4. The molecular weight excluding hydrogens is 861 g/mol. The maximum Gasteiger partial charge on any atom is 0.338 e. The van der Waals surface area contributed by atoms with Gasteiger partial charge < -0.3 is 51.1 Å². The number of amides is 2. The number of ketones is 1. The number of Topliss-reactive ketones (excluding diaryl/α,β-unsaturated/α-hetero) is 1. The molecule has 4 aromatic rings. The van der Waals surface area contributed by atoms with Crippen molar-refractivity contribution in [2.24, 2.45) is 5.73 Å². The molecule has 7 rings (SSSR count). The molecule has 0 unspecified atom stereocenters. The largest absolute Gasteiger partial charge is 0.465 e. The van der Waals surface area contributed by atoms with E-state index in [0.29, 0.717) is 72.9 Å². The molecule has 67 heavy (non-hydrogen) atoms. The van der Waals surface area contributed by atoms with Crippen molar-refractivity contribution in [2.75, 3.05) is 59.0 Å². The molecule has 19 heteroatoms. The van der Waals surface area contributed by atoms with Crippen LogP contribution in [0.2, 0.25) is 0 Å². The van der Waals surface area contributed by atoms with E-state index in [2.05, 4.69) is 25.6 Å². The second kappa shape index (κ2) is 21.0. The standard InChI is InChI=1S/C48H56N10O9/c1-56(2)30-15-13-27-19-34-33(21-31(57(3)4)23-38(34)66-37(27)22-30)32-16-14-28(20-35(32)48(64)65-5)45(62)51-18-10-8-11-29(24-49)36(59)12-7-6-9-17-52-46(63)42-40(60)41(61)47(67-42)58-26-55-39-43(50)53-25-54-44(39)58/h13-16,19-26,40-42,47,60-61H,6-12,17-18H2,1-5H3,(H5-,49,50,51,52,53,54,59,62,63)/p+1/t40-,41+,42-,47+/m0/s1. The van der Waals surface area contributed by atoms with Crippen LogP contribution in [0.5, 0.6) is 0 Å². The van der Waals surface area contributed by atoms with E-state index in [1.54, 1.807) is 18.2 Å². The zero-order valence-electron chi connectivity index (χ0n) is 38.2. The van der Waals surface area contributed by atoms with Crippen LogP contribution in [0.1, 0.15) is 71.9 Å². The van der Waals surface area contributed by atoms with Crippen LogP contribution in [0.3, 0.4) is 0 Å². The van der Waals surface area contributed by atoms with E-state index in [0.717, 1.165) is 33.3 Å². The van der Waals surface area contributed by atoms with Gasteiger partial charge in [0.05, 0.1) is 25.1 Å². The summed E-state index contributed by atoms with van der Waals surface area (Å²) in [4.78, 5) is 66.7. The zero-order valence-corrected chi connectivity index (χ0v) is 38.2. The number of aliphatic hydroxyl groups is 2. The minimum atomic E-state index is -1.49. The first-order valence-corrected chi connectivity index (χ1v) is 22.1. The van der Waals surface area contributed by atoms with Crippen molar-refractivity contribution in [3.8, 4) is 22.5 Å². The number of nitrogens with two attached hydrogens (primary N) is 2. The molecule has 4 atom stereocenters. The smallest absolute Gasteiger partial charge is 0.338 e. The van der Waals surface area contributed by atoms with Gasteiger partial charge in [-0.05, 0) is 73.6 Å². The minimum Gasteiger partial charge on any atom is -0.465 e. The van der Waals surface area contributed by atoms with E-state index in [1.165, 1.54) is 30.5 Å². The van der Waals surface area contributed by atoms with Crippen LogP contribution in [0.4, 0.5) is 11.5 Å². The van der Waals surface area contributed by atoms with E-state index in [9.17, 15) is 29.4 Å². The highest BCUT2D eigenvalue weighted by Gasteiger charge is 2.47. The van der Waals surface area contributed by atoms with Crippen LogP contribution in [0.15, 0.2) is 83.4 Å². The number of nitrogens with one attached hydrogen (secondary N) is 2. The Morgan fingerprint density at radius 3 is 2.40 bits per heavy atom. The van der Waals surface area contributed by atoms with Crippen LogP contribution in [-0.4, -0.2) is 120 Å². The number of anilines is 2. The van der Waals surface area contributed by atoms with Crippen molar-refractivity contribution in [2.45, 2.75) is 69.5 Å². The lowest BCUT2D eigenvalue weighted by Crippen LogP contribution is -2.43. The fourth-order valence-electron chi connectivity index (χ4n) is 8.09. The SMILES string of the molecule is COC(=O)c1cc(C(=O)NCCCCC(=CN)C(=O)CCCCCNC(=O)[C@H]2O[C@@H](n3cnc4c(N)ncnc43)[C@H](O)[C@@H]2O)ccc1-c1cc(N(C)C)cc2oc3cc(=[N+](C)C)ccc-3cc12. The van der Waals surface area contributed by atoms with E-state index >= 15 is 0 Å². The lowest BCUT2D eigenvalue weighted by Gasteiger charge is -2.19. The molecule has 0 saturated carbocycles. The first-order chi connectivity index (χ1) is 32.2. The van der Waals surface area contributed by atoms with E-state index in [-0.39, 0.29) is 41.7 Å². The summed E-state index contributed by atoms with van der Waals surface area (Å²) in [5, 5.41) is 28.7. The lowest BCUT2D eigenvalue weighted by molar-refractivity contribution is -0.137. The molecule has 19 nitrogen and oxygen atoms in total. The van der Waals surface area contributed by atoms with Gasteiger partial charge in [0.25, 0.3) is 11.8 Å². The number of aromatic nitrogens is 4. The van der Waals surface area contributed by atoms with E-state index < -0.39 is 36.4 Å². The molecule has 4 heterocycles. The van der Waals surface area contributed by atoms with E-state index in [4.69, 9.17) is 25.4 Å². The molecular formula is C48H57N10O9+. The number of imidazole rings is 1. The molecule has 2 aromatic heterocycles. The first kappa shape index (κ1) is 47.7. The Kier molecular flexibility index (Phi) is 14.9. The molecule has 1 fully saturated rings. The van der Waals surface area contributed by atoms with Gasteiger partial charge in [-0.25, -0.2) is 24.3 Å². The van der Waals surface area contributed by atoms with Crippen molar-refractivity contribution in [3.63, 3.8) is 0 Å². The molecule has 0 bridgehead atoms. The number of benzene rings is 3. The second-order valence-electron chi connectivity index (χ2n) is 16.9. The van der Waals surface area contributed by atoms with Crippen molar-refractivity contribution in [3.05, 3.63) is 95.5 Å². The molecule has 1 aliphatic carbocycles. The topological polar surface area (TPSA) is 266 Å². The zero-order chi connectivity index (χ0) is 47.9. The summed E-state index contributed by atoms with van der Waals surface area (Å²) in [6.45, 7) is 0.602. The number of esters is 1. The number of nitrogen functional groups attached to an aromatic ring is 1. The minimum absolute atomic E-state index is 0.0724. The van der Waals surface area contributed by atoms with Gasteiger partial charge in [0.2, 0.25) is 5.36 Å². The van der Waals surface area contributed by atoms with Gasteiger partial charge in [0, 0.05) is 79.7 Å². The molecule has 0 spiro atoms. The molecule has 8 N–H and O–H groups in total. The highest BCUT2D eigenvalue weighted by atomic mass is 16.6. The number of ether oxygens (including phenoxy) is 2. The van der Waals surface area contributed by atoms with Gasteiger partial charge in [0.15, 0.2) is 29.6 Å². The predicted molar refractivity (Wildman–Crippen MR) is 252 cm³/mol. The molecule has 0 radical (unpaired) electrons. The van der Waals surface area contributed by atoms with Gasteiger partial charge >= 0.3 is 5.97 Å². The summed E-state index contributed by atoms with van der Waals surface area (Å²) >= 11 is 0. The maximum absolute atomic E-state index is 13.4. The highest BCUT2D eigenvalue weighted by molar-refractivity contribution is 6.07. The van der Waals surface area contributed by atoms with Crippen molar-refractivity contribution >= 4 is 57.2 Å². The highest BCUT2D eigenvalue weighted by Crippen LogP contribution is 2.39. The number of methoxy groups -OCH3 is 1. The van der Waals surface area contributed by atoms with Crippen LogP contribution in [0.25, 0.3) is 44.6 Å². The third-order valence-corrected chi connectivity index (χ3v) is 11.9. The summed E-state index contributed by atoms with van der Waals surface area (Å²) in [6, 6.07) is 17.0. The molecule has 3 aliphatic rings. The molecule has 2 amide bonds. The van der Waals surface area contributed by atoms with Crippen LogP contribution < -0.4 is 36.9 Å². The normalized spacial score (nSPS) is 17.2. The fraction of sp³-hybridized carbons (Fsp3) is 0.375. The Morgan fingerprint density at radius 1 is 0.896 bits per heavy atom. The summed E-state index contributed by atoms with van der Waals surface area (Å²) < 4.78 is 20.8. The Morgan fingerprint density at radius 2 is 1.66 bits per heavy atom. The summed E-state index contributed by atoms with van der Waals surface area (Å²) in [5.41, 5.74) is 17.0. The van der Waals surface area contributed by atoms with Crippen LogP contribution in [-0.2, 0) is 19.1 Å². The number of hydrogen-bond donors (Lipinski definition) is 6. The number of aliphatic hydroxyl groups excluding tert-OH is 2. The quantitative estimate of drug-likeness (QED) is 0.0238. The number of unbranched alkanes of at least 4 members (excludes halogenated alkanes) is 3. The molecule has 2 aromatic carbocycles. The van der Waals surface area contributed by atoms with Crippen LogP contribution >= 0.6 is 0 Å². The first-order valence-electron chi connectivity index (χ1n) is 22.1. The molecule has 352 valence electrons. The Hall–Kier alpha value is -7.22. The number of allylic oxidation sites excluding steroid dienone is 1. The van der Waals surface area contributed by atoms with Crippen molar-refractivity contribution < 1.29 is 43.3 Å². The fourth-order valence-corrected chi connectivity index (χ4v) is 8.09. The Balaban J connectivity index is 0.871. The monoisotopic (exact) mass is 917 g/mol. The number of fused-ring (bicyclic) bond motifs is 3. The van der Waals surface area contributed by atoms with Gasteiger partial charge in [-0.3, -0.25) is 19.0 Å². The Labute approximate surface area is 386 Å². The predicted octanol–water partition coefficient (Wildman–Crippen LogP) is 3.12. The average Bonchev–Trinajstić information content (AvgIpc) is 3.89. The van der Waals surface area contributed by atoms with Gasteiger partial charge in [-0.15, -0.1) is 0 Å². The lowest BCUT2D eigenvalue weighted by atomic mass is 9.93. The number of carbonyl (C=O) groups is 4. The number of nitrogens with zero attached hydrogens (tertiary/aromatic N) is 6. The maximum atomic E-state index is 13.4. The number of rotatable bonds is 18. The Bertz CT molecular complexity index is 2880. The van der Waals surface area contributed by atoms with Crippen molar-refractivity contribution in [1.82, 2.24) is 34.7 Å². The van der Waals surface area contributed by atoms with Crippen LogP contribution in [0, 0.1) is 0 Å². The van der Waals surface area contributed by atoms with Gasteiger partial charge in [0.1, 0.15) is 49.5 Å². The van der Waals surface area contributed by atoms with Gasteiger partial charge in [-0.2, -0.15) is 0 Å². The molecule has 2 aliphatic heterocycles. The van der Waals surface area contributed by atoms with E-state index in [1.807, 2.05) is 74.1 Å². The number of carbonyl (C=O) groups excluding carboxylic acids is 4. The average molecular weight is 918 g/mol. The summed E-state index contributed by atoms with van der Waals surface area (Å²) in [5.74, 6) is -0.744.